The summed E-state index contributed by atoms with van der Waals surface area (Å²) in [6, 6.07) is 9.21. The van der Waals surface area contributed by atoms with Crippen LogP contribution < -0.4 is 0 Å². The number of rotatable bonds is 2. The molecule has 2 fully saturated rings. The Kier molecular flexibility index (Phi) is 4.62. The molecule has 0 spiro atoms. The van der Waals surface area contributed by atoms with Crippen molar-refractivity contribution in [2.24, 2.45) is 0 Å². The second kappa shape index (κ2) is 7.20. The number of carbonyl (C=O) groups excluding carboxylic acids is 1. The van der Waals surface area contributed by atoms with Gasteiger partial charge in [-0.15, -0.1) is 0 Å². The Morgan fingerprint density at radius 3 is 2.60 bits per heavy atom. The first kappa shape index (κ1) is 16.0. The van der Waals surface area contributed by atoms with Gasteiger partial charge < -0.3 is 23.8 Å². The van der Waals surface area contributed by atoms with Crippen LogP contribution in [-0.2, 0) is 9.47 Å². The van der Waals surface area contributed by atoms with Gasteiger partial charge in [-0.1, -0.05) is 23.4 Å². The van der Waals surface area contributed by atoms with Crippen LogP contribution in [0.1, 0.15) is 11.9 Å². The number of nitrogens with zero attached hydrogens (tertiary/aromatic N) is 4. The minimum Gasteiger partial charge on any atom is -0.378 e. The second-order valence-electron chi connectivity index (χ2n) is 5.99. The number of ether oxygens (including phenoxy) is 2. The van der Waals surface area contributed by atoms with Gasteiger partial charge in [0.2, 0.25) is 0 Å². The maximum absolute atomic E-state index is 12.9. The van der Waals surface area contributed by atoms with Crippen LogP contribution in [0.4, 0.5) is 4.79 Å². The van der Waals surface area contributed by atoms with Crippen LogP contribution in [0.5, 0.6) is 0 Å². The van der Waals surface area contributed by atoms with Crippen molar-refractivity contribution in [2.75, 3.05) is 46.1 Å². The van der Waals surface area contributed by atoms with Gasteiger partial charge in [0.15, 0.2) is 5.82 Å². The lowest BCUT2D eigenvalue weighted by Gasteiger charge is -2.38. The number of aromatic nitrogens is 2. The van der Waals surface area contributed by atoms with E-state index < -0.39 is 0 Å². The molecule has 2 amide bonds. The summed E-state index contributed by atoms with van der Waals surface area (Å²) in [5.74, 6) is 0.917. The third-order valence-corrected chi connectivity index (χ3v) is 4.42. The van der Waals surface area contributed by atoms with Crippen LogP contribution in [-0.4, -0.2) is 72.0 Å². The van der Waals surface area contributed by atoms with Crippen LogP contribution in [0.15, 0.2) is 34.9 Å². The Morgan fingerprint density at radius 1 is 1.04 bits per heavy atom. The van der Waals surface area contributed by atoms with Gasteiger partial charge in [0.1, 0.15) is 6.04 Å². The molecule has 0 N–H and O–H groups in total. The van der Waals surface area contributed by atoms with E-state index in [1.165, 1.54) is 0 Å². The van der Waals surface area contributed by atoms with Crippen molar-refractivity contribution >= 4 is 6.03 Å². The van der Waals surface area contributed by atoms with Crippen LogP contribution in [0.2, 0.25) is 0 Å². The first-order valence-electron chi connectivity index (χ1n) is 8.43. The highest BCUT2D eigenvalue weighted by atomic mass is 16.5. The molecule has 8 nitrogen and oxygen atoms in total. The SMILES string of the molecule is O=C(N1CCOCC1)N1CCOC[C@H]1c1noc(-c2ccccc2)n1. The van der Waals surface area contributed by atoms with Crippen LogP contribution in [0.25, 0.3) is 11.5 Å². The fraction of sp³-hybridized carbons (Fsp3) is 0.471. The molecule has 1 aromatic carbocycles. The molecule has 0 unspecified atom stereocenters. The maximum Gasteiger partial charge on any atom is 0.320 e. The molecule has 0 radical (unpaired) electrons. The molecule has 25 heavy (non-hydrogen) atoms. The van der Waals surface area contributed by atoms with Crippen molar-refractivity contribution in [2.45, 2.75) is 6.04 Å². The van der Waals surface area contributed by atoms with E-state index in [-0.39, 0.29) is 12.1 Å². The van der Waals surface area contributed by atoms with E-state index in [2.05, 4.69) is 10.1 Å². The van der Waals surface area contributed by atoms with Gasteiger partial charge >= 0.3 is 6.03 Å². The largest absolute Gasteiger partial charge is 0.378 e. The predicted octanol–water partition coefficient (Wildman–Crippen LogP) is 1.56. The molecular formula is C17H20N4O4. The first-order chi connectivity index (χ1) is 12.3. The van der Waals surface area contributed by atoms with E-state index in [1.807, 2.05) is 30.3 Å². The molecule has 0 saturated carbocycles. The highest BCUT2D eigenvalue weighted by Gasteiger charge is 2.35. The summed E-state index contributed by atoms with van der Waals surface area (Å²) < 4.78 is 16.3. The molecule has 2 saturated heterocycles. The molecule has 2 aliphatic heterocycles. The molecule has 0 aliphatic carbocycles. The number of benzene rings is 1. The lowest BCUT2D eigenvalue weighted by atomic mass is 10.2. The van der Waals surface area contributed by atoms with E-state index in [0.29, 0.717) is 57.8 Å². The van der Waals surface area contributed by atoms with Crippen LogP contribution in [0.3, 0.4) is 0 Å². The number of urea groups is 1. The lowest BCUT2D eigenvalue weighted by molar-refractivity contribution is -0.0119. The molecule has 132 valence electrons. The zero-order valence-electron chi connectivity index (χ0n) is 13.8. The molecule has 2 aromatic rings. The summed E-state index contributed by atoms with van der Waals surface area (Å²) in [5, 5.41) is 4.09. The van der Waals surface area contributed by atoms with Gasteiger partial charge in [-0.3, -0.25) is 0 Å². The summed E-state index contributed by atoms with van der Waals surface area (Å²) in [5.41, 5.74) is 0.851. The average molecular weight is 344 g/mol. The zero-order valence-corrected chi connectivity index (χ0v) is 13.8. The molecule has 1 atom stereocenters. The molecule has 3 heterocycles. The third-order valence-electron chi connectivity index (χ3n) is 4.42. The fourth-order valence-electron chi connectivity index (χ4n) is 3.05. The van der Waals surface area contributed by atoms with Gasteiger partial charge in [0.25, 0.3) is 5.89 Å². The Balaban J connectivity index is 1.55. The van der Waals surface area contributed by atoms with Gasteiger partial charge in [-0.2, -0.15) is 4.98 Å². The highest BCUT2D eigenvalue weighted by Crippen LogP contribution is 2.26. The van der Waals surface area contributed by atoms with Crippen molar-refractivity contribution in [1.82, 2.24) is 19.9 Å². The van der Waals surface area contributed by atoms with Gasteiger partial charge in [-0.25, -0.2) is 4.79 Å². The summed E-state index contributed by atoms with van der Waals surface area (Å²) in [6.45, 7) is 3.73. The van der Waals surface area contributed by atoms with Crippen molar-refractivity contribution < 1.29 is 18.8 Å². The topological polar surface area (TPSA) is 80.9 Å². The summed E-state index contributed by atoms with van der Waals surface area (Å²) in [4.78, 5) is 20.9. The number of morpholine rings is 2. The number of hydrogen-bond acceptors (Lipinski definition) is 6. The summed E-state index contributed by atoms with van der Waals surface area (Å²) in [6.07, 6.45) is 0. The smallest absolute Gasteiger partial charge is 0.320 e. The third kappa shape index (κ3) is 3.35. The Labute approximate surface area is 145 Å². The van der Waals surface area contributed by atoms with E-state index >= 15 is 0 Å². The number of amides is 2. The normalized spacial score (nSPS) is 21.4. The predicted molar refractivity (Wildman–Crippen MR) is 87.8 cm³/mol. The van der Waals surface area contributed by atoms with Gasteiger partial charge in [0, 0.05) is 25.2 Å². The summed E-state index contributed by atoms with van der Waals surface area (Å²) >= 11 is 0. The second-order valence-corrected chi connectivity index (χ2v) is 5.99. The monoisotopic (exact) mass is 344 g/mol. The van der Waals surface area contributed by atoms with E-state index in [0.717, 1.165) is 5.56 Å². The molecular weight excluding hydrogens is 324 g/mol. The standard InChI is InChI=1S/C17H20N4O4/c22-17(20-6-9-23-10-7-20)21-8-11-24-12-14(21)15-18-16(25-19-15)13-4-2-1-3-5-13/h1-5,14H,6-12H2/t14-/m0/s1. The molecule has 1 aromatic heterocycles. The van der Waals surface area contributed by atoms with Crippen molar-refractivity contribution in [3.63, 3.8) is 0 Å². The van der Waals surface area contributed by atoms with Gasteiger partial charge in [-0.05, 0) is 12.1 Å². The first-order valence-corrected chi connectivity index (χ1v) is 8.43. The van der Waals surface area contributed by atoms with E-state index in [4.69, 9.17) is 14.0 Å². The van der Waals surface area contributed by atoms with E-state index in [1.54, 1.807) is 9.80 Å². The minimum atomic E-state index is -0.342. The Hall–Kier alpha value is -2.45. The maximum atomic E-state index is 12.9. The van der Waals surface area contributed by atoms with Crippen LogP contribution >= 0.6 is 0 Å². The average Bonchev–Trinajstić information content (AvgIpc) is 3.19. The van der Waals surface area contributed by atoms with E-state index in [9.17, 15) is 4.79 Å². The molecule has 2 aliphatic rings. The summed E-state index contributed by atoms with van der Waals surface area (Å²) in [7, 11) is 0. The van der Waals surface area contributed by atoms with Crippen molar-refractivity contribution in [3.8, 4) is 11.5 Å². The molecule has 4 rings (SSSR count). The number of carbonyl (C=O) groups is 1. The van der Waals surface area contributed by atoms with Gasteiger partial charge in [0.05, 0.1) is 26.4 Å². The number of hydrogen-bond donors (Lipinski definition) is 0. The molecule has 8 heteroatoms. The Morgan fingerprint density at radius 2 is 1.80 bits per heavy atom. The quantitative estimate of drug-likeness (QED) is 0.822. The molecule has 0 bridgehead atoms. The van der Waals surface area contributed by atoms with Crippen molar-refractivity contribution in [1.29, 1.82) is 0 Å². The van der Waals surface area contributed by atoms with Crippen LogP contribution in [0, 0.1) is 0 Å². The minimum absolute atomic E-state index is 0.0253. The fourth-order valence-corrected chi connectivity index (χ4v) is 3.05. The lowest BCUT2D eigenvalue weighted by Crippen LogP contribution is -2.52. The Bertz CT molecular complexity index is 714. The zero-order chi connectivity index (χ0) is 17.1. The van der Waals surface area contributed by atoms with Crippen molar-refractivity contribution in [3.05, 3.63) is 36.2 Å². The highest BCUT2D eigenvalue weighted by molar-refractivity contribution is 5.75.